The van der Waals surface area contributed by atoms with E-state index >= 15 is 0 Å². The quantitative estimate of drug-likeness (QED) is 0.596. The molecule has 0 fully saturated rings. The maximum atomic E-state index is 12.6. The van der Waals surface area contributed by atoms with Crippen LogP contribution in [0.15, 0.2) is 78.9 Å². The lowest BCUT2D eigenvalue weighted by atomic mass is 10.1. The molecular formula is C23H21ClN2O3. The molecule has 0 unspecified atom stereocenters. The molecule has 6 heteroatoms. The maximum absolute atomic E-state index is 12.6. The lowest BCUT2D eigenvalue weighted by Crippen LogP contribution is -2.31. The topological polar surface area (TPSA) is 67.4 Å². The minimum Gasteiger partial charge on any atom is -0.480 e. The molecule has 0 bridgehead atoms. The molecule has 0 aromatic heterocycles. The maximum Gasteiger partial charge on any atom is 0.265 e. The van der Waals surface area contributed by atoms with Crippen molar-refractivity contribution in [1.29, 1.82) is 0 Å². The molecule has 0 aliphatic rings. The Bertz CT molecular complexity index is 992. The summed E-state index contributed by atoms with van der Waals surface area (Å²) >= 11 is 5.94. The van der Waals surface area contributed by atoms with Crippen LogP contribution in [0.5, 0.6) is 5.75 Å². The van der Waals surface area contributed by atoms with Crippen molar-refractivity contribution in [2.24, 2.45) is 0 Å². The molecule has 148 valence electrons. The van der Waals surface area contributed by atoms with E-state index in [0.717, 1.165) is 5.56 Å². The minimum absolute atomic E-state index is 0.271. The predicted octanol–water partition coefficient (Wildman–Crippen LogP) is 4.68. The number of carbonyl (C=O) groups excluding carboxylic acids is 2. The summed E-state index contributed by atoms with van der Waals surface area (Å²) in [7, 11) is 0. The summed E-state index contributed by atoms with van der Waals surface area (Å²) in [6.07, 6.45) is -0.808. The van der Waals surface area contributed by atoms with Crippen LogP contribution in [0, 0.1) is 0 Å². The third kappa shape index (κ3) is 5.83. The summed E-state index contributed by atoms with van der Waals surface area (Å²) in [5, 5.41) is 6.14. The zero-order valence-corrected chi connectivity index (χ0v) is 16.6. The molecule has 0 saturated carbocycles. The molecule has 0 saturated heterocycles. The summed E-state index contributed by atoms with van der Waals surface area (Å²) in [5.41, 5.74) is 1.94. The molecule has 0 spiro atoms. The largest absolute Gasteiger partial charge is 0.480 e. The van der Waals surface area contributed by atoms with Crippen LogP contribution in [0.3, 0.4) is 0 Å². The first-order valence-electron chi connectivity index (χ1n) is 9.17. The molecule has 0 radical (unpaired) electrons. The SMILES string of the molecule is C[C@H](Oc1ccccc1C(=O)NCc1ccccc1)C(=O)Nc1cccc(Cl)c1. The number of hydrogen-bond acceptors (Lipinski definition) is 3. The second-order valence-electron chi connectivity index (χ2n) is 6.42. The van der Waals surface area contributed by atoms with Crippen molar-refractivity contribution in [3.05, 3.63) is 95.0 Å². The highest BCUT2D eigenvalue weighted by Crippen LogP contribution is 2.21. The van der Waals surface area contributed by atoms with Crippen LogP contribution in [0.1, 0.15) is 22.8 Å². The van der Waals surface area contributed by atoms with Gasteiger partial charge in [-0.15, -0.1) is 0 Å². The third-order valence-corrected chi connectivity index (χ3v) is 4.43. The Morgan fingerprint density at radius 3 is 2.45 bits per heavy atom. The van der Waals surface area contributed by atoms with Crippen LogP contribution >= 0.6 is 11.6 Å². The fraction of sp³-hybridized carbons (Fsp3) is 0.130. The molecule has 2 amide bonds. The van der Waals surface area contributed by atoms with Crippen molar-refractivity contribution in [2.45, 2.75) is 19.6 Å². The van der Waals surface area contributed by atoms with Gasteiger partial charge in [-0.1, -0.05) is 60.1 Å². The molecule has 3 rings (SSSR count). The monoisotopic (exact) mass is 408 g/mol. The van der Waals surface area contributed by atoms with Crippen LogP contribution in [-0.2, 0) is 11.3 Å². The van der Waals surface area contributed by atoms with Crippen molar-refractivity contribution in [2.75, 3.05) is 5.32 Å². The molecule has 3 aromatic rings. The fourth-order valence-corrected chi connectivity index (χ4v) is 2.87. The second-order valence-corrected chi connectivity index (χ2v) is 6.86. The molecule has 1 atom stereocenters. The number of ether oxygens (including phenoxy) is 1. The molecular weight excluding hydrogens is 388 g/mol. The van der Waals surface area contributed by atoms with E-state index in [9.17, 15) is 9.59 Å². The molecule has 0 heterocycles. The number of nitrogens with one attached hydrogen (secondary N) is 2. The van der Waals surface area contributed by atoms with Crippen molar-refractivity contribution >= 4 is 29.1 Å². The lowest BCUT2D eigenvalue weighted by molar-refractivity contribution is -0.122. The first-order valence-corrected chi connectivity index (χ1v) is 9.55. The standard InChI is InChI=1S/C23H21ClN2O3/c1-16(22(27)26-19-11-7-10-18(24)14-19)29-21-13-6-5-12-20(21)23(28)25-15-17-8-3-2-4-9-17/h2-14,16H,15H2,1H3,(H,25,28)(H,26,27)/t16-/m0/s1. The molecule has 5 nitrogen and oxygen atoms in total. The normalized spacial score (nSPS) is 11.4. The Morgan fingerprint density at radius 1 is 0.966 bits per heavy atom. The predicted molar refractivity (Wildman–Crippen MR) is 114 cm³/mol. The molecule has 3 aromatic carbocycles. The Balaban J connectivity index is 1.64. The van der Waals surface area contributed by atoms with Gasteiger partial charge >= 0.3 is 0 Å². The Kier molecular flexibility index (Phi) is 6.87. The summed E-state index contributed by atoms with van der Waals surface area (Å²) in [6, 6.07) is 23.3. The van der Waals surface area contributed by atoms with Crippen LogP contribution in [0.25, 0.3) is 0 Å². The van der Waals surface area contributed by atoms with Gasteiger partial charge in [-0.3, -0.25) is 9.59 Å². The Labute approximate surface area is 174 Å². The van der Waals surface area contributed by atoms with E-state index in [1.54, 1.807) is 55.5 Å². The highest BCUT2D eigenvalue weighted by Gasteiger charge is 2.19. The number of amides is 2. The average molecular weight is 409 g/mol. The van der Waals surface area contributed by atoms with Crippen LogP contribution in [0.4, 0.5) is 5.69 Å². The van der Waals surface area contributed by atoms with Gasteiger partial charge in [-0.05, 0) is 42.8 Å². The minimum atomic E-state index is -0.808. The summed E-state index contributed by atoms with van der Waals surface area (Å²) in [6.45, 7) is 2.03. The van der Waals surface area contributed by atoms with Gasteiger partial charge in [0.05, 0.1) is 5.56 Å². The van der Waals surface area contributed by atoms with Crippen molar-refractivity contribution in [3.63, 3.8) is 0 Å². The van der Waals surface area contributed by atoms with Gasteiger partial charge in [0.25, 0.3) is 11.8 Å². The van der Waals surface area contributed by atoms with E-state index in [2.05, 4.69) is 10.6 Å². The number of carbonyl (C=O) groups is 2. The zero-order chi connectivity index (χ0) is 20.6. The number of anilines is 1. The number of benzene rings is 3. The summed E-state index contributed by atoms with van der Waals surface area (Å²) < 4.78 is 5.78. The highest BCUT2D eigenvalue weighted by molar-refractivity contribution is 6.30. The van der Waals surface area contributed by atoms with Crippen molar-refractivity contribution < 1.29 is 14.3 Å². The number of para-hydroxylation sites is 1. The van der Waals surface area contributed by atoms with Crippen molar-refractivity contribution in [1.82, 2.24) is 5.32 Å². The number of hydrogen-bond donors (Lipinski definition) is 2. The highest BCUT2D eigenvalue weighted by atomic mass is 35.5. The molecule has 0 aliphatic carbocycles. The average Bonchev–Trinajstić information content (AvgIpc) is 2.73. The molecule has 29 heavy (non-hydrogen) atoms. The molecule has 2 N–H and O–H groups in total. The Hall–Kier alpha value is -3.31. The van der Waals surface area contributed by atoms with E-state index in [1.807, 2.05) is 30.3 Å². The third-order valence-electron chi connectivity index (χ3n) is 4.19. The lowest BCUT2D eigenvalue weighted by Gasteiger charge is -2.17. The summed E-state index contributed by atoms with van der Waals surface area (Å²) in [5.74, 6) is -0.273. The first-order chi connectivity index (χ1) is 14.0. The van der Waals surface area contributed by atoms with Gasteiger partial charge in [0.2, 0.25) is 0 Å². The van der Waals surface area contributed by atoms with E-state index in [1.165, 1.54) is 0 Å². The van der Waals surface area contributed by atoms with Crippen LogP contribution < -0.4 is 15.4 Å². The number of halogens is 1. The Morgan fingerprint density at radius 2 is 1.69 bits per heavy atom. The van der Waals surface area contributed by atoms with Crippen LogP contribution in [-0.4, -0.2) is 17.9 Å². The van der Waals surface area contributed by atoms with E-state index in [0.29, 0.717) is 28.6 Å². The van der Waals surface area contributed by atoms with Gasteiger partial charge in [-0.25, -0.2) is 0 Å². The van der Waals surface area contributed by atoms with Gasteiger partial charge < -0.3 is 15.4 Å². The smallest absolute Gasteiger partial charge is 0.265 e. The molecule has 0 aliphatic heterocycles. The van der Waals surface area contributed by atoms with E-state index < -0.39 is 6.10 Å². The van der Waals surface area contributed by atoms with Gasteiger partial charge in [0.1, 0.15) is 5.75 Å². The number of rotatable bonds is 7. The van der Waals surface area contributed by atoms with Gasteiger partial charge in [-0.2, -0.15) is 0 Å². The summed E-state index contributed by atoms with van der Waals surface area (Å²) in [4.78, 5) is 25.1. The van der Waals surface area contributed by atoms with E-state index in [4.69, 9.17) is 16.3 Å². The zero-order valence-electron chi connectivity index (χ0n) is 15.9. The van der Waals surface area contributed by atoms with Crippen LogP contribution in [0.2, 0.25) is 5.02 Å². The van der Waals surface area contributed by atoms with E-state index in [-0.39, 0.29) is 11.8 Å². The fourth-order valence-electron chi connectivity index (χ4n) is 2.68. The van der Waals surface area contributed by atoms with Gasteiger partial charge in [0, 0.05) is 17.3 Å². The van der Waals surface area contributed by atoms with Crippen molar-refractivity contribution in [3.8, 4) is 5.75 Å². The first kappa shape index (κ1) is 20.4. The van der Waals surface area contributed by atoms with Gasteiger partial charge in [0.15, 0.2) is 6.10 Å². The second kappa shape index (κ2) is 9.75.